The first-order valence-corrected chi connectivity index (χ1v) is 23.4. The van der Waals surface area contributed by atoms with Crippen LogP contribution in [0.3, 0.4) is 0 Å². The van der Waals surface area contributed by atoms with Crippen molar-refractivity contribution in [2.75, 3.05) is 28.4 Å². The molecule has 0 radical (unpaired) electrons. The van der Waals surface area contributed by atoms with E-state index in [4.69, 9.17) is 4.18 Å². The van der Waals surface area contributed by atoms with Crippen molar-refractivity contribution in [1.82, 2.24) is 0 Å². The fraction of sp³-hybridized carbons (Fsp3) is 0.900. The number of allylic oxidation sites excluding steroid dienone is 1. The number of hydrogen-bond acceptors (Lipinski definition) is 11. The number of carbonyl (C=O) groups is 2. The van der Waals surface area contributed by atoms with Crippen molar-refractivity contribution < 1.29 is 49.4 Å². The molecule has 0 aliphatic carbocycles. The van der Waals surface area contributed by atoms with Crippen LogP contribution in [0.15, 0.2) is 12.2 Å². The summed E-state index contributed by atoms with van der Waals surface area (Å²) in [5.41, 5.74) is 0. The van der Waals surface area contributed by atoms with Gasteiger partial charge >= 0.3 is 11.9 Å². The molecule has 0 bridgehead atoms. The standard InChI is InChI=1S/C20H40O6S.C20H38O5S/c1-4-5-6-7-9-12-15-18(21)19(27(23,24)26-3)16-13-10-8-11-14-17-20(22)25-2;1-4-5-6-7-8-10-13-16-19(26(22,23)25-3)17-14-11-9-12-15-18-20(21)24-2/h18-19,21H,4-17H2,1-3H3;13,16,19H,4-12,14-15,17-18H2,1-3H3/b;16-13+. The monoisotopic (exact) mass is 798 g/mol. The van der Waals surface area contributed by atoms with Gasteiger partial charge in [-0.15, -0.1) is 0 Å². The highest BCUT2D eigenvalue weighted by atomic mass is 32.2. The first-order chi connectivity index (χ1) is 25.4. The van der Waals surface area contributed by atoms with Crippen molar-refractivity contribution in [2.45, 2.75) is 204 Å². The molecule has 0 fully saturated rings. The lowest BCUT2D eigenvalue weighted by Crippen LogP contribution is -2.35. The molecule has 53 heavy (non-hydrogen) atoms. The van der Waals surface area contributed by atoms with Gasteiger partial charge in [-0.2, -0.15) is 16.8 Å². The van der Waals surface area contributed by atoms with E-state index in [1.54, 1.807) is 6.08 Å². The number of rotatable bonds is 35. The van der Waals surface area contributed by atoms with Gasteiger partial charge in [0.2, 0.25) is 0 Å². The van der Waals surface area contributed by atoms with E-state index in [0.29, 0.717) is 32.1 Å². The minimum atomic E-state index is -3.73. The Morgan fingerprint density at radius 2 is 0.925 bits per heavy atom. The summed E-state index contributed by atoms with van der Waals surface area (Å²) in [5, 5.41) is 8.99. The van der Waals surface area contributed by atoms with Crippen molar-refractivity contribution in [2.24, 2.45) is 0 Å². The molecule has 0 saturated heterocycles. The highest BCUT2D eigenvalue weighted by Gasteiger charge is 2.31. The average molecular weight is 799 g/mol. The highest BCUT2D eigenvalue weighted by Crippen LogP contribution is 2.22. The number of esters is 2. The summed E-state index contributed by atoms with van der Waals surface area (Å²) >= 11 is 0. The predicted molar refractivity (Wildman–Crippen MR) is 215 cm³/mol. The second-order valence-electron chi connectivity index (χ2n) is 13.9. The van der Waals surface area contributed by atoms with E-state index in [2.05, 4.69) is 27.5 Å². The zero-order chi connectivity index (χ0) is 40.2. The van der Waals surface area contributed by atoms with Crippen LogP contribution in [0, 0.1) is 0 Å². The quantitative estimate of drug-likeness (QED) is 0.0282. The Hall–Kier alpha value is -1.54. The molecule has 0 spiro atoms. The third-order valence-electron chi connectivity index (χ3n) is 9.51. The van der Waals surface area contributed by atoms with E-state index < -0.39 is 36.8 Å². The zero-order valence-corrected chi connectivity index (χ0v) is 36.0. The van der Waals surface area contributed by atoms with Gasteiger partial charge in [-0.25, -0.2) is 0 Å². The van der Waals surface area contributed by atoms with Gasteiger partial charge in [0.25, 0.3) is 20.2 Å². The summed E-state index contributed by atoms with van der Waals surface area (Å²) in [6.45, 7) is 4.36. The second-order valence-corrected chi connectivity index (χ2v) is 17.8. The third kappa shape index (κ3) is 31.4. The summed E-state index contributed by atoms with van der Waals surface area (Å²) in [7, 11) is -2.08. The number of methoxy groups -OCH3 is 2. The smallest absolute Gasteiger partial charge is 0.305 e. The van der Waals surface area contributed by atoms with Crippen molar-refractivity contribution in [3.05, 3.63) is 12.2 Å². The van der Waals surface area contributed by atoms with Gasteiger partial charge in [0, 0.05) is 12.8 Å². The Labute approximate surface area is 325 Å². The topological polar surface area (TPSA) is 160 Å². The van der Waals surface area contributed by atoms with E-state index in [0.717, 1.165) is 103 Å². The van der Waals surface area contributed by atoms with Gasteiger partial charge in [0.15, 0.2) is 0 Å². The van der Waals surface area contributed by atoms with E-state index in [9.17, 15) is 31.5 Å². The Kier molecular flexibility index (Phi) is 36.5. The summed E-state index contributed by atoms with van der Waals surface area (Å²) in [4.78, 5) is 22.1. The largest absolute Gasteiger partial charge is 0.469 e. The maximum Gasteiger partial charge on any atom is 0.305 e. The molecular formula is C40H78O11S2. The summed E-state index contributed by atoms with van der Waals surface area (Å²) in [5.74, 6) is -0.366. The lowest BCUT2D eigenvalue weighted by Gasteiger charge is -2.22. The Bertz CT molecular complexity index is 1110. The lowest BCUT2D eigenvalue weighted by atomic mass is 10.0. The van der Waals surface area contributed by atoms with Crippen LogP contribution in [0.1, 0.15) is 187 Å². The second kappa shape index (κ2) is 36.1. The van der Waals surface area contributed by atoms with Crippen LogP contribution in [0.2, 0.25) is 0 Å². The van der Waals surface area contributed by atoms with E-state index in [1.165, 1.54) is 66.3 Å². The first-order valence-electron chi connectivity index (χ1n) is 20.4. The van der Waals surface area contributed by atoms with Crippen LogP contribution < -0.4 is 0 Å². The number of ether oxygens (including phenoxy) is 2. The lowest BCUT2D eigenvalue weighted by molar-refractivity contribution is -0.141. The molecule has 0 aliphatic heterocycles. The summed E-state index contributed by atoms with van der Waals surface area (Å²) in [6, 6.07) is 0. The Morgan fingerprint density at radius 3 is 1.38 bits per heavy atom. The van der Waals surface area contributed by atoms with Crippen molar-refractivity contribution in [1.29, 1.82) is 0 Å². The summed E-state index contributed by atoms with van der Waals surface area (Å²) in [6.07, 6.45) is 27.7. The van der Waals surface area contributed by atoms with Crippen LogP contribution in [0.25, 0.3) is 0 Å². The maximum atomic E-state index is 12.2. The van der Waals surface area contributed by atoms with Crippen LogP contribution in [0.5, 0.6) is 0 Å². The normalized spacial score (nSPS) is 13.6. The van der Waals surface area contributed by atoms with Crippen LogP contribution in [-0.2, 0) is 47.7 Å². The molecule has 0 amide bonds. The molecule has 0 aromatic heterocycles. The fourth-order valence-corrected chi connectivity index (χ4v) is 8.27. The third-order valence-corrected chi connectivity index (χ3v) is 12.9. The molecular weight excluding hydrogens is 721 g/mol. The molecule has 3 unspecified atom stereocenters. The van der Waals surface area contributed by atoms with E-state index in [1.807, 2.05) is 6.08 Å². The van der Waals surface area contributed by atoms with Gasteiger partial charge in [0.1, 0.15) is 10.5 Å². The number of unbranched alkanes of at least 4 members (excludes halogenated alkanes) is 18. The molecule has 0 saturated carbocycles. The molecule has 1 N–H and O–H groups in total. The first kappa shape index (κ1) is 53.6. The van der Waals surface area contributed by atoms with Gasteiger partial charge < -0.3 is 14.6 Å². The maximum absolute atomic E-state index is 12.2. The number of carbonyl (C=O) groups excluding carboxylic acids is 2. The van der Waals surface area contributed by atoms with Crippen molar-refractivity contribution in [3.8, 4) is 0 Å². The minimum absolute atomic E-state index is 0.170. The van der Waals surface area contributed by atoms with E-state index >= 15 is 0 Å². The molecule has 0 heterocycles. The average Bonchev–Trinajstić information content (AvgIpc) is 3.15. The summed E-state index contributed by atoms with van der Waals surface area (Å²) < 4.78 is 67.0. The molecule has 0 rings (SSSR count). The van der Waals surface area contributed by atoms with Crippen LogP contribution in [0.4, 0.5) is 0 Å². The minimum Gasteiger partial charge on any atom is -0.469 e. The molecule has 0 aliphatic rings. The number of aliphatic hydroxyl groups is 1. The fourth-order valence-electron chi connectivity index (χ4n) is 6.04. The van der Waals surface area contributed by atoms with Crippen molar-refractivity contribution in [3.63, 3.8) is 0 Å². The Morgan fingerprint density at radius 1 is 0.528 bits per heavy atom. The molecule has 316 valence electrons. The van der Waals surface area contributed by atoms with Crippen molar-refractivity contribution >= 4 is 32.2 Å². The highest BCUT2D eigenvalue weighted by molar-refractivity contribution is 7.87. The molecule has 3 atom stereocenters. The van der Waals surface area contributed by atoms with Gasteiger partial charge in [0.05, 0.1) is 34.5 Å². The molecule has 0 aromatic rings. The number of aliphatic hydroxyl groups excluding tert-OH is 1. The van der Waals surface area contributed by atoms with Gasteiger partial charge in [-0.1, -0.05) is 142 Å². The number of hydrogen-bond donors (Lipinski definition) is 1. The molecule has 0 aromatic carbocycles. The van der Waals surface area contributed by atoms with Gasteiger partial charge in [-0.05, 0) is 44.9 Å². The SMILES string of the molecule is CCCCCCC/C=C/C(CCCCCCCC(=O)OC)S(=O)(=O)OC.CCCCCCCCC(O)C(CCCCCCCC(=O)OC)S(=O)(=O)OC. The Balaban J connectivity index is 0. The molecule has 11 nitrogen and oxygen atoms in total. The van der Waals surface area contributed by atoms with Crippen LogP contribution >= 0.6 is 0 Å². The predicted octanol–water partition coefficient (Wildman–Crippen LogP) is 9.50. The van der Waals surface area contributed by atoms with Crippen LogP contribution in [-0.4, -0.2) is 78.9 Å². The van der Waals surface area contributed by atoms with Gasteiger partial charge in [-0.3, -0.25) is 18.0 Å². The zero-order valence-electron chi connectivity index (χ0n) is 34.3. The van der Waals surface area contributed by atoms with E-state index in [-0.39, 0.29) is 11.9 Å². The molecule has 13 heteroatoms.